The van der Waals surface area contributed by atoms with E-state index in [1.54, 1.807) is 0 Å². The Bertz CT molecular complexity index is 414. The van der Waals surface area contributed by atoms with E-state index < -0.39 is 9.84 Å². The predicted molar refractivity (Wildman–Crippen MR) is 43.1 cm³/mol. The molecular weight excluding hydrogens is 176 g/mol. The lowest BCUT2D eigenvalue weighted by Crippen LogP contribution is -2.03. The van der Waals surface area contributed by atoms with E-state index in [0.29, 0.717) is 5.56 Å². The number of sulfone groups is 1. The quantitative estimate of drug-likeness (QED) is 0.448. The third kappa shape index (κ3) is 1.80. The van der Waals surface area contributed by atoms with Crippen molar-refractivity contribution in [3.8, 4) is 12.3 Å². The van der Waals surface area contributed by atoms with E-state index in [1.165, 1.54) is 12.4 Å². The summed E-state index contributed by atoms with van der Waals surface area (Å²) >= 11 is 0. The van der Waals surface area contributed by atoms with E-state index >= 15 is 0 Å². The summed E-state index contributed by atoms with van der Waals surface area (Å²) in [6, 6.07) is 0. The molecule has 1 rings (SSSR count). The first-order chi connectivity index (χ1) is 5.54. The summed E-state index contributed by atoms with van der Waals surface area (Å²) in [5, 5.41) is -0.207. The molecule has 0 N–H and O–H groups in total. The molecule has 0 saturated carbocycles. The fraction of sp³-hybridized carbons (Fsp3) is 0.143. The van der Waals surface area contributed by atoms with Gasteiger partial charge >= 0.3 is 0 Å². The van der Waals surface area contributed by atoms with Crippen LogP contribution in [0.4, 0.5) is 0 Å². The molecule has 0 spiro atoms. The van der Waals surface area contributed by atoms with Crippen molar-refractivity contribution in [1.82, 2.24) is 9.97 Å². The third-order valence-electron chi connectivity index (χ3n) is 1.13. The topological polar surface area (TPSA) is 59.9 Å². The number of nitrogens with zero attached hydrogens (tertiary/aromatic N) is 2. The lowest BCUT2D eigenvalue weighted by molar-refractivity contribution is 0.593. The van der Waals surface area contributed by atoms with Gasteiger partial charge in [-0.3, -0.25) is 0 Å². The number of terminal acetylenes is 1. The van der Waals surface area contributed by atoms with Gasteiger partial charge in [0.25, 0.3) is 0 Å². The summed E-state index contributed by atoms with van der Waals surface area (Å²) in [4.78, 5) is 7.16. The third-order valence-corrected chi connectivity index (χ3v) is 2.00. The van der Waals surface area contributed by atoms with E-state index in [-0.39, 0.29) is 5.16 Å². The summed E-state index contributed by atoms with van der Waals surface area (Å²) in [6.45, 7) is 0. The normalized spacial score (nSPS) is 10.7. The summed E-state index contributed by atoms with van der Waals surface area (Å²) in [6.07, 6.45) is 8.66. The molecule has 0 radical (unpaired) electrons. The Kier molecular flexibility index (Phi) is 2.11. The van der Waals surface area contributed by atoms with Crippen LogP contribution in [0, 0.1) is 12.3 Å². The molecule has 0 unspecified atom stereocenters. The van der Waals surface area contributed by atoms with Gasteiger partial charge in [0.2, 0.25) is 15.0 Å². The zero-order chi connectivity index (χ0) is 9.19. The molecular formula is C7H6N2O2S. The Labute approximate surface area is 70.6 Å². The van der Waals surface area contributed by atoms with Crippen LogP contribution in [0.15, 0.2) is 17.6 Å². The van der Waals surface area contributed by atoms with Crippen LogP contribution in [-0.4, -0.2) is 24.6 Å². The number of hydrogen-bond acceptors (Lipinski definition) is 4. The first-order valence-electron chi connectivity index (χ1n) is 3.03. The standard InChI is InChI=1S/C7H6N2O2S/c1-3-6-4-8-7(9-5-6)12(2,10)11/h1,4-5H,2H3. The highest BCUT2D eigenvalue weighted by atomic mass is 32.2. The van der Waals surface area contributed by atoms with Crippen LogP contribution >= 0.6 is 0 Å². The van der Waals surface area contributed by atoms with Crippen molar-refractivity contribution >= 4 is 9.84 Å². The van der Waals surface area contributed by atoms with Crippen molar-refractivity contribution in [3.63, 3.8) is 0 Å². The zero-order valence-corrected chi connectivity index (χ0v) is 7.17. The number of hydrogen-bond donors (Lipinski definition) is 0. The van der Waals surface area contributed by atoms with E-state index in [0.717, 1.165) is 6.26 Å². The van der Waals surface area contributed by atoms with Gasteiger partial charge in [0.15, 0.2) is 0 Å². The second-order valence-corrected chi connectivity index (χ2v) is 4.08. The SMILES string of the molecule is C#Cc1cnc(S(C)(=O)=O)nc1. The van der Waals surface area contributed by atoms with Crippen LogP contribution < -0.4 is 0 Å². The van der Waals surface area contributed by atoms with Gasteiger partial charge in [-0.05, 0) is 0 Å². The average molecular weight is 182 g/mol. The van der Waals surface area contributed by atoms with E-state index in [2.05, 4.69) is 15.9 Å². The van der Waals surface area contributed by atoms with Gasteiger partial charge in [-0.1, -0.05) is 5.92 Å². The van der Waals surface area contributed by atoms with Crippen LogP contribution in [-0.2, 0) is 9.84 Å². The molecule has 62 valence electrons. The lowest BCUT2D eigenvalue weighted by Gasteiger charge is -1.94. The van der Waals surface area contributed by atoms with Crippen molar-refractivity contribution in [1.29, 1.82) is 0 Å². The molecule has 4 nitrogen and oxygen atoms in total. The van der Waals surface area contributed by atoms with Gasteiger partial charge in [0.1, 0.15) is 0 Å². The van der Waals surface area contributed by atoms with Crippen LogP contribution in [0.3, 0.4) is 0 Å². The molecule has 0 amide bonds. The van der Waals surface area contributed by atoms with Gasteiger partial charge in [-0.2, -0.15) is 0 Å². The molecule has 0 aliphatic rings. The summed E-state index contributed by atoms with van der Waals surface area (Å²) in [5.74, 6) is 2.29. The second-order valence-electron chi connectivity index (χ2n) is 2.17. The molecule has 0 atom stereocenters. The van der Waals surface area contributed by atoms with Gasteiger partial charge in [0.05, 0.1) is 5.56 Å². The molecule has 0 saturated heterocycles. The Morgan fingerprint density at radius 1 is 1.42 bits per heavy atom. The van der Waals surface area contributed by atoms with Gasteiger partial charge in [-0.25, -0.2) is 18.4 Å². The van der Waals surface area contributed by atoms with Crippen molar-refractivity contribution in [2.45, 2.75) is 5.16 Å². The van der Waals surface area contributed by atoms with Gasteiger partial charge < -0.3 is 0 Å². The van der Waals surface area contributed by atoms with Crippen molar-refractivity contribution in [2.75, 3.05) is 6.26 Å². The van der Waals surface area contributed by atoms with E-state index in [9.17, 15) is 8.42 Å². The van der Waals surface area contributed by atoms with Crippen LogP contribution in [0.2, 0.25) is 0 Å². The highest BCUT2D eigenvalue weighted by molar-refractivity contribution is 7.90. The van der Waals surface area contributed by atoms with Crippen molar-refractivity contribution in [2.24, 2.45) is 0 Å². The Hall–Kier alpha value is -1.41. The predicted octanol–water partition coefficient (Wildman–Crippen LogP) is -0.139. The molecule has 5 heteroatoms. The van der Waals surface area contributed by atoms with Crippen LogP contribution in [0.1, 0.15) is 5.56 Å². The molecule has 1 heterocycles. The Morgan fingerprint density at radius 3 is 2.25 bits per heavy atom. The lowest BCUT2D eigenvalue weighted by atomic mass is 10.4. The number of aromatic nitrogens is 2. The van der Waals surface area contributed by atoms with Crippen molar-refractivity contribution in [3.05, 3.63) is 18.0 Å². The maximum Gasteiger partial charge on any atom is 0.246 e. The first kappa shape index (κ1) is 8.68. The molecule has 0 aliphatic carbocycles. The minimum atomic E-state index is -3.32. The summed E-state index contributed by atoms with van der Waals surface area (Å²) in [7, 11) is -3.32. The minimum Gasteiger partial charge on any atom is -0.226 e. The highest BCUT2D eigenvalue weighted by Crippen LogP contribution is 2.00. The fourth-order valence-corrected chi connectivity index (χ4v) is 1.07. The van der Waals surface area contributed by atoms with Gasteiger partial charge in [-0.15, -0.1) is 6.42 Å². The molecule has 0 bridgehead atoms. The maximum atomic E-state index is 10.9. The maximum absolute atomic E-state index is 10.9. The second kappa shape index (κ2) is 2.91. The van der Waals surface area contributed by atoms with E-state index in [1.807, 2.05) is 0 Å². The Morgan fingerprint density at radius 2 is 1.92 bits per heavy atom. The summed E-state index contributed by atoms with van der Waals surface area (Å²) < 4.78 is 21.7. The van der Waals surface area contributed by atoms with Crippen LogP contribution in [0.25, 0.3) is 0 Å². The van der Waals surface area contributed by atoms with Crippen molar-refractivity contribution < 1.29 is 8.42 Å². The average Bonchev–Trinajstić information content (AvgIpc) is 2.03. The molecule has 0 fully saturated rings. The highest BCUT2D eigenvalue weighted by Gasteiger charge is 2.08. The smallest absolute Gasteiger partial charge is 0.226 e. The molecule has 12 heavy (non-hydrogen) atoms. The van der Waals surface area contributed by atoms with E-state index in [4.69, 9.17) is 6.42 Å². The summed E-state index contributed by atoms with van der Waals surface area (Å²) in [5.41, 5.74) is 0.461. The molecule has 0 aliphatic heterocycles. The molecule has 0 aromatic carbocycles. The van der Waals surface area contributed by atoms with Crippen LogP contribution in [0.5, 0.6) is 0 Å². The number of rotatable bonds is 1. The van der Waals surface area contributed by atoms with Gasteiger partial charge in [0, 0.05) is 18.6 Å². The zero-order valence-electron chi connectivity index (χ0n) is 6.35. The Balaban J connectivity index is 3.20. The molecule has 1 aromatic heterocycles. The first-order valence-corrected chi connectivity index (χ1v) is 4.92. The largest absolute Gasteiger partial charge is 0.246 e. The minimum absolute atomic E-state index is 0.207. The fourth-order valence-electron chi connectivity index (χ4n) is 0.582. The molecule has 1 aromatic rings. The monoisotopic (exact) mass is 182 g/mol.